The number of benzene rings is 1. The van der Waals surface area contributed by atoms with Gasteiger partial charge in [-0.3, -0.25) is 0 Å². The van der Waals surface area contributed by atoms with Crippen LogP contribution in [-0.4, -0.2) is 17.7 Å². The van der Waals surface area contributed by atoms with Gasteiger partial charge in [-0.15, -0.1) is 0 Å². The van der Waals surface area contributed by atoms with Crippen LogP contribution < -0.4 is 5.32 Å². The van der Waals surface area contributed by atoms with E-state index in [-0.39, 0.29) is 11.8 Å². The van der Waals surface area contributed by atoms with Gasteiger partial charge in [-0.2, -0.15) is 13.2 Å². The Morgan fingerprint density at radius 3 is 2.65 bits per heavy atom. The Bertz CT molecular complexity index is 397. The maximum absolute atomic E-state index is 12.4. The highest BCUT2D eigenvalue weighted by molar-refractivity contribution is 5.38. The standard InChI is InChI=1S/C12H14F3NO/c13-12(14,15)9-4-3-8(11(17)7-9)6-10-2-1-5-16-10/h3-4,7,10,16-17H,1-2,5-6H2. The zero-order chi connectivity index (χ0) is 12.5. The summed E-state index contributed by atoms with van der Waals surface area (Å²) in [6.07, 6.45) is -1.75. The van der Waals surface area contributed by atoms with Gasteiger partial charge < -0.3 is 10.4 Å². The molecule has 1 atom stereocenters. The van der Waals surface area contributed by atoms with Gasteiger partial charge in [0.05, 0.1) is 5.56 Å². The van der Waals surface area contributed by atoms with Crippen molar-refractivity contribution >= 4 is 0 Å². The molecule has 1 aliphatic heterocycles. The molecule has 1 aliphatic rings. The molecule has 0 aliphatic carbocycles. The fourth-order valence-electron chi connectivity index (χ4n) is 2.11. The summed E-state index contributed by atoms with van der Waals surface area (Å²) in [6.45, 7) is 0.937. The molecule has 0 bridgehead atoms. The van der Waals surface area contributed by atoms with Gasteiger partial charge in [0, 0.05) is 6.04 Å². The molecule has 2 N–H and O–H groups in total. The molecule has 1 unspecified atom stereocenters. The van der Waals surface area contributed by atoms with Gasteiger partial charge in [0.1, 0.15) is 5.75 Å². The van der Waals surface area contributed by atoms with Crippen molar-refractivity contribution in [2.24, 2.45) is 0 Å². The minimum absolute atomic E-state index is 0.262. The second-order valence-electron chi connectivity index (χ2n) is 4.34. The van der Waals surface area contributed by atoms with E-state index >= 15 is 0 Å². The quantitative estimate of drug-likeness (QED) is 0.839. The topological polar surface area (TPSA) is 32.3 Å². The van der Waals surface area contributed by atoms with E-state index in [2.05, 4.69) is 5.32 Å². The van der Waals surface area contributed by atoms with Crippen LogP contribution in [0.2, 0.25) is 0 Å². The van der Waals surface area contributed by atoms with Crippen LogP contribution in [-0.2, 0) is 12.6 Å². The summed E-state index contributed by atoms with van der Waals surface area (Å²) in [7, 11) is 0. The second kappa shape index (κ2) is 4.56. The Morgan fingerprint density at radius 1 is 1.35 bits per heavy atom. The van der Waals surface area contributed by atoms with E-state index in [9.17, 15) is 18.3 Å². The number of hydrogen-bond acceptors (Lipinski definition) is 2. The SMILES string of the molecule is Oc1cc(C(F)(F)F)ccc1CC1CCCN1. The number of phenolic OH excluding ortho intramolecular Hbond substituents is 1. The molecule has 94 valence electrons. The first kappa shape index (κ1) is 12.2. The normalized spacial score (nSPS) is 20.8. The number of hydrogen-bond donors (Lipinski definition) is 2. The highest BCUT2D eigenvalue weighted by Crippen LogP contribution is 2.33. The van der Waals surface area contributed by atoms with Gasteiger partial charge in [-0.25, -0.2) is 0 Å². The van der Waals surface area contributed by atoms with Gasteiger partial charge in [0.2, 0.25) is 0 Å². The van der Waals surface area contributed by atoms with Gasteiger partial charge in [-0.1, -0.05) is 6.07 Å². The Labute approximate surface area is 97.5 Å². The number of rotatable bonds is 2. The average molecular weight is 245 g/mol. The monoisotopic (exact) mass is 245 g/mol. The lowest BCUT2D eigenvalue weighted by Gasteiger charge is -2.13. The van der Waals surface area contributed by atoms with Crippen molar-refractivity contribution in [1.29, 1.82) is 0 Å². The molecule has 0 amide bonds. The molecule has 1 aromatic rings. The van der Waals surface area contributed by atoms with E-state index in [1.54, 1.807) is 0 Å². The molecule has 5 heteroatoms. The minimum Gasteiger partial charge on any atom is -0.508 e. The Balaban J connectivity index is 2.14. The molecule has 0 aromatic heterocycles. The first-order valence-corrected chi connectivity index (χ1v) is 5.59. The van der Waals surface area contributed by atoms with E-state index in [4.69, 9.17) is 0 Å². The van der Waals surface area contributed by atoms with Crippen molar-refractivity contribution in [3.8, 4) is 5.75 Å². The maximum atomic E-state index is 12.4. The maximum Gasteiger partial charge on any atom is 0.416 e. The van der Waals surface area contributed by atoms with Crippen molar-refractivity contribution in [3.05, 3.63) is 29.3 Å². The Hall–Kier alpha value is -1.23. The van der Waals surface area contributed by atoms with Crippen molar-refractivity contribution in [2.75, 3.05) is 6.54 Å². The second-order valence-corrected chi connectivity index (χ2v) is 4.34. The van der Waals surface area contributed by atoms with Gasteiger partial charge >= 0.3 is 6.18 Å². The Morgan fingerprint density at radius 2 is 2.12 bits per heavy atom. The first-order valence-electron chi connectivity index (χ1n) is 5.59. The third-order valence-corrected chi connectivity index (χ3v) is 3.04. The summed E-state index contributed by atoms with van der Waals surface area (Å²) in [6, 6.07) is 3.43. The first-order chi connectivity index (χ1) is 7.97. The predicted molar refractivity (Wildman–Crippen MR) is 57.8 cm³/mol. The molecule has 0 radical (unpaired) electrons. The molecule has 17 heavy (non-hydrogen) atoms. The fourth-order valence-corrected chi connectivity index (χ4v) is 2.11. The Kier molecular flexibility index (Phi) is 3.28. The smallest absolute Gasteiger partial charge is 0.416 e. The van der Waals surface area contributed by atoms with Crippen molar-refractivity contribution < 1.29 is 18.3 Å². The molecule has 2 rings (SSSR count). The summed E-state index contributed by atoms with van der Waals surface area (Å²) in [5.41, 5.74) is -0.240. The third kappa shape index (κ3) is 2.91. The predicted octanol–water partition coefficient (Wildman–Crippen LogP) is 2.71. The van der Waals surface area contributed by atoms with Crippen molar-refractivity contribution in [2.45, 2.75) is 31.5 Å². The zero-order valence-electron chi connectivity index (χ0n) is 9.22. The van der Waals surface area contributed by atoms with Crippen molar-refractivity contribution in [3.63, 3.8) is 0 Å². The highest BCUT2D eigenvalue weighted by Gasteiger charge is 2.31. The summed E-state index contributed by atoms with van der Waals surface area (Å²) < 4.78 is 37.1. The van der Waals surface area contributed by atoms with E-state index in [1.807, 2.05) is 0 Å². The van der Waals surface area contributed by atoms with E-state index in [0.717, 1.165) is 31.5 Å². The van der Waals surface area contributed by atoms with Gasteiger partial charge in [0.25, 0.3) is 0 Å². The van der Waals surface area contributed by atoms with Crippen LogP contribution in [0, 0.1) is 0 Å². The van der Waals surface area contributed by atoms with Crippen LogP contribution >= 0.6 is 0 Å². The fraction of sp³-hybridized carbons (Fsp3) is 0.500. The molecule has 0 saturated carbocycles. The molecule has 1 fully saturated rings. The number of aromatic hydroxyl groups is 1. The highest BCUT2D eigenvalue weighted by atomic mass is 19.4. The van der Waals surface area contributed by atoms with E-state index in [1.165, 1.54) is 6.07 Å². The summed E-state index contributed by atoms with van der Waals surface area (Å²) in [5, 5.41) is 12.8. The minimum atomic E-state index is -4.40. The average Bonchev–Trinajstić information content (AvgIpc) is 2.72. The van der Waals surface area contributed by atoms with Crippen LogP contribution in [0.3, 0.4) is 0 Å². The third-order valence-electron chi connectivity index (χ3n) is 3.04. The summed E-state index contributed by atoms with van der Waals surface area (Å²) in [4.78, 5) is 0. The molecular weight excluding hydrogens is 231 g/mol. The molecule has 1 heterocycles. The number of nitrogens with one attached hydrogen (secondary N) is 1. The lowest BCUT2D eigenvalue weighted by Crippen LogP contribution is -2.23. The summed E-state index contributed by atoms with van der Waals surface area (Å²) >= 11 is 0. The molecule has 0 spiro atoms. The molecule has 2 nitrogen and oxygen atoms in total. The lowest BCUT2D eigenvalue weighted by atomic mass is 10.0. The van der Waals surface area contributed by atoms with E-state index in [0.29, 0.717) is 12.0 Å². The number of halogens is 3. The van der Waals surface area contributed by atoms with E-state index < -0.39 is 11.7 Å². The number of alkyl halides is 3. The van der Waals surface area contributed by atoms with Crippen molar-refractivity contribution in [1.82, 2.24) is 5.32 Å². The molecule has 1 aromatic carbocycles. The van der Waals surface area contributed by atoms with Crippen LogP contribution in [0.5, 0.6) is 5.75 Å². The van der Waals surface area contributed by atoms with Gasteiger partial charge in [-0.05, 0) is 43.5 Å². The zero-order valence-corrected chi connectivity index (χ0v) is 9.22. The van der Waals surface area contributed by atoms with Crippen LogP contribution in [0.1, 0.15) is 24.0 Å². The lowest BCUT2D eigenvalue weighted by molar-refractivity contribution is -0.137. The summed E-state index contributed by atoms with van der Waals surface area (Å²) in [5.74, 6) is -0.270. The van der Waals surface area contributed by atoms with Crippen LogP contribution in [0.25, 0.3) is 0 Å². The van der Waals surface area contributed by atoms with Gasteiger partial charge in [0.15, 0.2) is 0 Å². The van der Waals surface area contributed by atoms with Crippen LogP contribution in [0.15, 0.2) is 18.2 Å². The molecule has 1 saturated heterocycles. The van der Waals surface area contributed by atoms with Crippen LogP contribution in [0.4, 0.5) is 13.2 Å². The largest absolute Gasteiger partial charge is 0.508 e. The number of phenols is 1. The molecular formula is C12H14F3NO.